The lowest BCUT2D eigenvalue weighted by atomic mass is 10.1. The van der Waals surface area contributed by atoms with E-state index in [9.17, 15) is 9.59 Å². The highest BCUT2D eigenvalue weighted by Crippen LogP contribution is 2.23. The van der Waals surface area contributed by atoms with Crippen LogP contribution in [0.25, 0.3) is 5.69 Å². The number of hydrazone groups is 1. The average molecular weight is 530 g/mol. The number of hydrogen-bond acceptors (Lipinski definition) is 4. The molecule has 6 nitrogen and oxygen atoms in total. The van der Waals surface area contributed by atoms with Gasteiger partial charge in [-0.1, -0.05) is 33.6 Å². The van der Waals surface area contributed by atoms with Crippen molar-refractivity contribution in [1.29, 1.82) is 0 Å². The quantitative estimate of drug-likeness (QED) is 0.141. The summed E-state index contributed by atoms with van der Waals surface area (Å²) in [6.07, 6.45) is 1.45. The number of rotatable bonds is 6. The zero-order chi connectivity index (χ0) is 24.9. The molecule has 1 aromatic heterocycles. The van der Waals surface area contributed by atoms with Crippen molar-refractivity contribution < 1.29 is 14.3 Å². The highest BCUT2D eigenvalue weighted by molar-refractivity contribution is 9.10. The number of halogens is 1. The van der Waals surface area contributed by atoms with Crippen LogP contribution in [0.1, 0.15) is 43.2 Å². The van der Waals surface area contributed by atoms with Crippen molar-refractivity contribution in [2.45, 2.75) is 20.8 Å². The van der Waals surface area contributed by atoms with Crippen LogP contribution in [0.3, 0.4) is 0 Å². The van der Waals surface area contributed by atoms with Gasteiger partial charge in [-0.3, -0.25) is 4.79 Å². The molecule has 0 saturated heterocycles. The van der Waals surface area contributed by atoms with Crippen molar-refractivity contribution in [3.63, 3.8) is 0 Å². The van der Waals surface area contributed by atoms with Gasteiger partial charge in [-0.15, -0.1) is 0 Å². The second-order valence-electron chi connectivity index (χ2n) is 8.14. The number of ether oxygens (including phenoxy) is 1. The molecule has 0 unspecified atom stereocenters. The molecule has 1 heterocycles. The molecule has 0 radical (unpaired) electrons. The zero-order valence-electron chi connectivity index (χ0n) is 19.6. The minimum atomic E-state index is -0.473. The van der Waals surface area contributed by atoms with Gasteiger partial charge in [0.25, 0.3) is 5.91 Å². The largest absolute Gasteiger partial charge is 0.422 e. The second kappa shape index (κ2) is 10.5. The second-order valence-corrected chi connectivity index (χ2v) is 9.05. The Bertz CT molecular complexity index is 1390. The van der Waals surface area contributed by atoms with Crippen LogP contribution in [0.4, 0.5) is 0 Å². The molecule has 35 heavy (non-hydrogen) atoms. The van der Waals surface area contributed by atoms with E-state index in [2.05, 4.69) is 43.2 Å². The highest BCUT2D eigenvalue weighted by atomic mass is 79.9. The van der Waals surface area contributed by atoms with E-state index in [0.29, 0.717) is 22.4 Å². The first-order chi connectivity index (χ1) is 16.8. The van der Waals surface area contributed by atoms with Crippen LogP contribution in [0.2, 0.25) is 0 Å². The van der Waals surface area contributed by atoms with Gasteiger partial charge in [0.2, 0.25) is 0 Å². The van der Waals surface area contributed by atoms with E-state index in [0.717, 1.165) is 27.1 Å². The number of esters is 1. The molecule has 4 rings (SSSR count). The number of carbonyl (C=O) groups excluding carboxylic acids is 2. The molecule has 0 saturated carbocycles. The summed E-state index contributed by atoms with van der Waals surface area (Å²) < 4.78 is 8.47. The van der Waals surface area contributed by atoms with Gasteiger partial charge < -0.3 is 9.30 Å². The molecule has 1 amide bonds. The normalized spacial score (nSPS) is 11.0. The molecular weight excluding hydrogens is 506 g/mol. The number of amides is 1. The van der Waals surface area contributed by atoms with Crippen LogP contribution in [0.5, 0.6) is 5.75 Å². The summed E-state index contributed by atoms with van der Waals surface area (Å²) in [5.74, 6) is -0.486. The van der Waals surface area contributed by atoms with E-state index < -0.39 is 5.97 Å². The molecule has 1 N–H and O–H groups in total. The minimum absolute atomic E-state index is 0.332. The van der Waals surface area contributed by atoms with Crippen molar-refractivity contribution in [3.8, 4) is 11.4 Å². The van der Waals surface area contributed by atoms with E-state index in [-0.39, 0.29) is 5.91 Å². The minimum Gasteiger partial charge on any atom is -0.422 e. The number of carbonyl (C=O) groups is 2. The third-order valence-electron chi connectivity index (χ3n) is 5.49. The van der Waals surface area contributed by atoms with E-state index >= 15 is 0 Å². The Morgan fingerprint density at radius 1 is 0.857 bits per heavy atom. The number of benzene rings is 3. The van der Waals surface area contributed by atoms with Crippen LogP contribution in [-0.4, -0.2) is 22.7 Å². The molecular formula is C28H24BrN3O3. The Morgan fingerprint density at radius 3 is 2.14 bits per heavy atom. The molecule has 0 aliphatic rings. The van der Waals surface area contributed by atoms with Gasteiger partial charge in [0.1, 0.15) is 5.75 Å². The highest BCUT2D eigenvalue weighted by Gasteiger charge is 2.12. The monoisotopic (exact) mass is 529 g/mol. The van der Waals surface area contributed by atoms with Gasteiger partial charge in [-0.2, -0.15) is 5.10 Å². The maximum absolute atomic E-state index is 12.6. The summed E-state index contributed by atoms with van der Waals surface area (Å²) in [7, 11) is 0. The molecule has 0 aliphatic carbocycles. The summed E-state index contributed by atoms with van der Waals surface area (Å²) in [5, 5.41) is 4.07. The van der Waals surface area contributed by atoms with Gasteiger partial charge >= 0.3 is 5.97 Å². The van der Waals surface area contributed by atoms with Crippen molar-refractivity contribution in [2.75, 3.05) is 0 Å². The molecule has 176 valence electrons. The lowest BCUT2D eigenvalue weighted by Crippen LogP contribution is -2.18. The molecule has 0 aliphatic heterocycles. The smallest absolute Gasteiger partial charge is 0.343 e. The van der Waals surface area contributed by atoms with Crippen LogP contribution >= 0.6 is 15.9 Å². The third kappa shape index (κ3) is 5.75. The van der Waals surface area contributed by atoms with Crippen molar-refractivity contribution in [3.05, 3.63) is 117 Å². The maximum atomic E-state index is 12.6. The summed E-state index contributed by atoms with van der Waals surface area (Å²) in [5.41, 5.74) is 8.28. The summed E-state index contributed by atoms with van der Waals surface area (Å²) >= 11 is 3.41. The average Bonchev–Trinajstić information content (AvgIpc) is 3.18. The first kappa shape index (κ1) is 24.2. The summed E-state index contributed by atoms with van der Waals surface area (Å²) in [4.78, 5) is 25.1. The van der Waals surface area contributed by atoms with E-state index in [4.69, 9.17) is 4.74 Å². The van der Waals surface area contributed by atoms with Gasteiger partial charge in [-0.25, -0.2) is 10.2 Å². The number of aryl methyl sites for hydroxylation is 3. The fourth-order valence-corrected chi connectivity index (χ4v) is 4.00. The number of hydrogen-bond donors (Lipinski definition) is 1. The third-order valence-corrected chi connectivity index (χ3v) is 5.98. The zero-order valence-corrected chi connectivity index (χ0v) is 21.2. The molecule has 0 bridgehead atoms. The summed E-state index contributed by atoms with van der Waals surface area (Å²) in [6.45, 7) is 6.03. The Morgan fingerprint density at radius 2 is 1.49 bits per heavy atom. The van der Waals surface area contributed by atoms with Crippen molar-refractivity contribution in [2.24, 2.45) is 5.10 Å². The van der Waals surface area contributed by atoms with E-state index in [1.807, 2.05) is 45.0 Å². The lowest BCUT2D eigenvalue weighted by Gasteiger charge is -2.10. The van der Waals surface area contributed by atoms with E-state index in [1.54, 1.807) is 42.5 Å². The molecule has 7 heteroatoms. The predicted octanol–water partition coefficient (Wildman–Crippen LogP) is 6.15. The van der Waals surface area contributed by atoms with Crippen molar-refractivity contribution in [1.82, 2.24) is 9.99 Å². The Hall–Kier alpha value is -3.97. The molecule has 0 atom stereocenters. The predicted molar refractivity (Wildman–Crippen MR) is 141 cm³/mol. The molecule has 0 fully saturated rings. The van der Waals surface area contributed by atoms with Gasteiger partial charge in [0.05, 0.1) is 11.8 Å². The van der Waals surface area contributed by atoms with Gasteiger partial charge in [0.15, 0.2) is 0 Å². The Balaban J connectivity index is 1.45. The summed E-state index contributed by atoms with van der Waals surface area (Å²) in [6, 6.07) is 23.7. The molecule has 0 spiro atoms. The van der Waals surface area contributed by atoms with Crippen LogP contribution in [-0.2, 0) is 0 Å². The number of nitrogens with zero attached hydrogens (tertiary/aromatic N) is 2. The van der Waals surface area contributed by atoms with Crippen LogP contribution in [0, 0.1) is 20.8 Å². The first-order valence-corrected chi connectivity index (χ1v) is 11.8. The van der Waals surface area contributed by atoms with Crippen molar-refractivity contribution >= 4 is 34.0 Å². The lowest BCUT2D eigenvalue weighted by molar-refractivity contribution is 0.0734. The topological polar surface area (TPSA) is 72.7 Å². The Labute approximate surface area is 212 Å². The standard InChI is InChI=1S/C28H24BrN3O3/c1-18-4-8-22(9-5-18)28(34)35-26-15-12-24(29)16-23(26)17-30-31-27(33)21-10-13-25(14-11-21)32-19(2)6-7-20(32)3/h4-17H,1-3H3,(H,31,33). The SMILES string of the molecule is Cc1ccc(C(=O)Oc2ccc(Br)cc2C=NNC(=O)c2ccc(-n3c(C)ccc3C)cc2)cc1. The maximum Gasteiger partial charge on any atom is 0.343 e. The molecule has 4 aromatic rings. The van der Waals surface area contributed by atoms with Crippen LogP contribution < -0.4 is 10.2 Å². The molecule has 3 aromatic carbocycles. The fraction of sp³-hybridized carbons (Fsp3) is 0.107. The Kier molecular flexibility index (Phi) is 7.27. The van der Waals surface area contributed by atoms with Crippen LogP contribution in [0.15, 0.2) is 88.4 Å². The first-order valence-electron chi connectivity index (χ1n) is 11.0. The number of aromatic nitrogens is 1. The van der Waals surface area contributed by atoms with Gasteiger partial charge in [0, 0.05) is 32.7 Å². The fourth-order valence-electron chi connectivity index (χ4n) is 3.62. The van der Waals surface area contributed by atoms with Gasteiger partial charge in [-0.05, 0) is 87.5 Å². The van der Waals surface area contributed by atoms with E-state index in [1.165, 1.54) is 6.21 Å². The number of nitrogens with one attached hydrogen (secondary N) is 1.